The van der Waals surface area contributed by atoms with Gasteiger partial charge in [-0.05, 0) is 34.1 Å². The molecule has 12 heavy (non-hydrogen) atoms. The maximum Gasteiger partial charge on any atom is 0.0640 e. The summed E-state index contributed by atoms with van der Waals surface area (Å²) in [4.78, 5) is 0. The van der Waals surface area contributed by atoms with E-state index >= 15 is 0 Å². The molecule has 0 aromatic rings. The zero-order valence-corrected chi connectivity index (χ0v) is 8.55. The largest absolute Gasteiger partial charge is 0.390 e. The highest BCUT2D eigenvalue weighted by Crippen LogP contribution is 2.07. The summed E-state index contributed by atoms with van der Waals surface area (Å²) in [5, 5.41) is 9.34. The zero-order valence-electron chi connectivity index (χ0n) is 8.55. The van der Waals surface area contributed by atoms with E-state index in [1.165, 1.54) is 0 Å². The molecule has 0 rings (SSSR count). The van der Waals surface area contributed by atoms with Gasteiger partial charge in [0.15, 0.2) is 0 Å². The number of rotatable bonds is 5. The normalized spacial score (nSPS) is 13.5. The molecular formula is C9H21NO2. The minimum atomic E-state index is -0.640. The summed E-state index contributed by atoms with van der Waals surface area (Å²) in [6.45, 7) is 8.45. The van der Waals surface area contributed by atoms with Gasteiger partial charge in [0.1, 0.15) is 0 Å². The smallest absolute Gasteiger partial charge is 0.0640 e. The molecule has 0 aliphatic rings. The fraction of sp³-hybridized carbons (Fsp3) is 1.00. The van der Waals surface area contributed by atoms with E-state index in [4.69, 9.17) is 10.5 Å². The summed E-state index contributed by atoms with van der Waals surface area (Å²) in [5.41, 5.74) is 4.78. The van der Waals surface area contributed by atoms with Crippen molar-refractivity contribution in [1.29, 1.82) is 0 Å². The summed E-state index contributed by atoms with van der Waals surface area (Å²) in [6, 6.07) is 0. The Morgan fingerprint density at radius 3 is 2.08 bits per heavy atom. The highest BCUT2D eigenvalue weighted by Gasteiger charge is 2.14. The molecule has 0 aliphatic heterocycles. The van der Waals surface area contributed by atoms with Crippen LogP contribution in [0.1, 0.15) is 34.1 Å². The van der Waals surface area contributed by atoms with Crippen LogP contribution in [0.2, 0.25) is 0 Å². The predicted octanol–water partition coefficient (Wildman–Crippen LogP) is 0.901. The fourth-order valence-electron chi connectivity index (χ4n) is 0.657. The lowest BCUT2D eigenvalue weighted by Crippen LogP contribution is -2.38. The van der Waals surface area contributed by atoms with E-state index < -0.39 is 5.60 Å². The number of hydrogen-bond donors (Lipinski definition) is 2. The topological polar surface area (TPSA) is 55.5 Å². The third kappa shape index (κ3) is 9.88. The number of nitrogens with two attached hydrogens (primary N) is 1. The Morgan fingerprint density at radius 2 is 1.75 bits per heavy atom. The van der Waals surface area contributed by atoms with Crippen LogP contribution in [0.25, 0.3) is 0 Å². The Bertz CT molecular complexity index is 105. The Balaban J connectivity index is 3.35. The van der Waals surface area contributed by atoms with Crippen molar-refractivity contribution < 1.29 is 9.84 Å². The summed E-state index contributed by atoms with van der Waals surface area (Å²) in [5.74, 6) is 0. The van der Waals surface area contributed by atoms with Gasteiger partial charge in [0.2, 0.25) is 0 Å². The molecule has 3 nitrogen and oxygen atoms in total. The Labute approximate surface area is 74.9 Å². The van der Waals surface area contributed by atoms with Gasteiger partial charge in [0.25, 0.3) is 0 Å². The van der Waals surface area contributed by atoms with E-state index in [1.807, 2.05) is 13.8 Å². The van der Waals surface area contributed by atoms with Crippen LogP contribution in [0, 0.1) is 0 Å². The van der Waals surface area contributed by atoms with Gasteiger partial charge in [0, 0.05) is 12.1 Å². The Hall–Kier alpha value is -0.120. The third-order valence-corrected chi connectivity index (χ3v) is 1.33. The first kappa shape index (κ1) is 11.9. The van der Waals surface area contributed by atoms with Gasteiger partial charge in [-0.15, -0.1) is 0 Å². The molecule has 0 saturated heterocycles. The van der Waals surface area contributed by atoms with Crippen LogP contribution in [0.15, 0.2) is 0 Å². The Morgan fingerprint density at radius 1 is 1.25 bits per heavy atom. The second-order valence-electron chi connectivity index (χ2n) is 4.60. The molecule has 0 spiro atoms. The molecule has 0 saturated carbocycles. The lowest BCUT2D eigenvalue weighted by Gasteiger charge is -2.21. The van der Waals surface area contributed by atoms with Crippen LogP contribution >= 0.6 is 0 Å². The van der Waals surface area contributed by atoms with Crippen molar-refractivity contribution in [2.75, 3.05) is 13.2 Å². The molecule has 0 atom stereocenters. The van der Waals surface area contributed by atoms with E-state index in [1.54, 1.807) is 13.8 Å². The lowest BCUT2D eigenvalue weighted by molar-refractivity contribution is 0.0188. The molecule has 0 radical (unpaired) electrons. The third-order valence-electron chi connectivity index (χ3n) is 1.33. The molecule has 0 bridgehead atoms. The minimum Gasteiger partial charge on any atom is -0.390 e. The van der Waals surface area contributed by atoms with Crippen molar-refractivity contribution in [2.45, 2.75) is 45.3 Å². The van der Waals surface area contributed by atoms with Crippen molar-refractivity contribution in [3.05, 3.63) is 0 Å². The number of ether oxygens (including phenoxy) is 1. The number of hydrogen-bond acceptors (Lipinski definition) is 3. The minimum absolute atomic E-state index is 0.278. The molecule has 0 unspecified atom stereocenters. The van der Waals surface area contributed by atoms with Gasteiger partial charge in [-0.1, -0.05) is 0 Å². The van der Waals surface area contributed by atoms with E-state index in [-0.39, 0.29) is 5.54 Å². The van der Waals surface area contributed by atoms with Crippen LogP contribution in [0.5, 0.6) is 0 Å². The van der Waals surface area contributed by atoms with Crippen molar-refractivity contribution in [2.24, 2.45) is 5.73 Å². The highest BCUT2D eigenvalue weighted by molar-refractivity contribution is 4.71. The first-order chi connectivity index (χ1) is 5.21. The Kier molecular flexibility index (Phi) is 4.17. The molecule has 3 N–H and O–H groups in total. The first-order valence-corrected chi connectivity index (χ1v) is 4.30. The molecule has 0 heterocycles. The van der Waals surface area contributed by atoms with Gasteiger partial charge < -0.3 is 15.6 Å². The average Bonchev–Trinajstić information content (AvgIpc) is 1.76. The van der Waals surface area contributed by atoms with Crippen LogP contribution in [0.3, 0.4) is 0 Å². The monoisotopic (exact) mass is 175 g/mol. The molecule has 0 aliphatic carbocycles. The van der Waals surface area contributed by atoms with Gasteiger partial charge >= 0.3 is 0 Å². The van der Waals surface area contributed by atoms with E-state index in [2.05, 4.69) is 0 Å². The van der Waals surface area contributed by atoms with Crippen LogP contribution in [-0.4, -0.2) is 29.5 Å². The first-order valence-electron chi connectivity index (χ1n) is 4.30. The molecule has 0 aromatic carbocycles. The maximum absolute atomic E-state index is 9.34. The SMILES string of the molecule is CC(C)(N)COCCC(C)(C)O. The van der Waals surface area contributed by atoms with Crippen molar-refractivity contribution in [3.63, 3.8) is 0 Å². The second kappa shape index (κ2) is 4.21. The van der Waals surface area contributed by atoms with E-state index in [0.29, 0.717) is 19.6 Å². The quantitative estimate of drug-likeness (QED) is 0.610. The van der Waals surface area contributed by atoms with Gasteiger partial charge in [-0.3, -0.25) is 0 Å². The second-order valence-corrected chi connectivity index (χ2v) is 4.60. The van der Waals surface area contributed by atoms with Crippen molar-refractivity contribution in [1.82, 2.24) is 0 Å². The predicted molar refractivity (Wildman–Crippen MR) is 50.0 cm³/mol. The summed E-state index contributed by atoms with van der Waals surface area (Å²) < 4.78 is 5.29. The van der Waals surface area contributed by atoms with Gasteiger partial charge in [-0.2, -0.15) is 0 Å². The van der Waals surface area contributed by atoms with E-state index in [0.717, 1.165) is 0 Å². The maximum atomic E-state index is 9.34. The standard InChI is InChI=1S/C9H21NO2/c1-8(2,10)7-12-6-5-9(3,4)11/h11H,5-7,10H2,1-4H3. The van der Waals surface area contributed by atoms with Crippen molar-refractivity contribution >= 4 is 0 Å². The summed E-state index contributed by atoms with van der Waals surface area (Å²) >= 11 is 0. The molecule has 0 aromatic heterocycles. The highest BCUT2D eigenvalue weighted by atomic mass is 16.5. The molecular weight excluding hydrogens is 154 g/mol. The molecule has 74 valence electrons. The lowest BCUT2D eigenvalue weighted by atomic mass is 10.1. The van der Waals surface area contributed by atoms with Gasteiger partial charge in [-0.25, -0.2) is 0 Å². The number of aliphatic hydroxyl groups is 1. The zero-order chi connectivity index (χ0) is 9.83. The van der Waals surface area contributed by atoms with Crippen LogP contribution in [0.4, 0.5) is 0 Å². The summed E-state index contributed by atoms with van der Waals surface area (Å²) in [6.07, 6.45) is 0.642. The molecule has 3 heteroatoms. The van der Waals surface area contributed by atoms with E-state index in [9.17, 15) is 5.11 Å². The van der Waals surface area contributed by atoms with Crippen LogP contribution < -0.4 is 5.73 Å². The average molecular weight is 175 g/mol. The summed E-state index contributed by atoms with van der Waals surface area (Å²) in [7, 11) is 0. The molecule has 0 fully saturated rings. The van der Waals surface area contributed by atoms with Gasteiger partial charge in [0.05, 0.1) is 12.2 Å². The van der Waals surface area contributed by atoms with Crippen molar-refractivity contribution in [3.8, 4) is 0 Å². The molecule has 0 amide bonds. The van der Waals surface area contributed by atoms with Crippen LogP contribution in [-0.2, 0) is 4.74 Å². The fourth-order valence-corrected chi connectivity index (χ4v) is 0.657.